The Labute approximate surface area is 167 Å². The Balaban J connectivity index is 1.51. The Morgan fingerprint density at radius 2 is 1.52 bits per heavy atom. The van der Waals surface area contributed by atoms with Crippen LogP contribution < -0.4 is 0 Å². The van der Waals surface area contributed by atoms with Crippen LogP contribution in [0.4, 0.5) is 13.2 Å². The van der Waals surface area contributed by atoms with Crippen LogP contribution in [-0.4, -0.2) is 23.9 Å². The molecule has 1 amide bonds. The molecule has 29 heavy (non-hydrogen) atoms. The van der Waals surface area contributed by atoms with Gasteiger partial charge in [0, 0.05) is 24.6 Å². The molecule has 5 heteroatoms. The number of alkyl halides is 3. The van der Waals surface area contributed by atoms with Gasteiger partial charge in [-0.3, -0.25) is 4.79 Å². The maximum absolute atomic E-state index is 13.3. The summed E-state index contributed by atoms with van der Waals surface area (Å²) >= 11 is 0. The van der Waals surface area contributed by atoms with Crippen molar-refractivity contribution in [3.63, 3.8) is 0 Å². The fourth-order valence-corrected chi connectivity index (χ4v) is 3.90. The fourth-order valence-electron chi connectivity index (χ4n) is 3.90. The molecule has 4 rings (SSSR count). The van der Waals surface area contributed by atoms with Crippen LogP contribution in [0.3, 0.4) is 0 Å². The monoisotopic (exact) mass is 395 g/mol. The molecular formula is C24H20F3NO. The Kier molecular flexibility index (Phi) is 5.14. The smallest absolute Gasteiger partial charge is 0.338 e. The van der Waals surface area contributed by atoms with Crippen molar-refractivity contribution in [2.24, 2.45) is 0 Å². The first-order valence-corrected chi connectivity index (χ1v) is 9.54. The van der Waals surface area contributed by atoms with E-state index in [1.165, 1.54) is 17.7 Å². The van der Waals surface area contributed by atoms with Gasteiger partial charge in [-0.05, 0) is 41.3 Å². The van der Waals surface area contributed by atoms with Gasteiger partial charge < -0.3 is 4.90 Å². The second kappa shape index (κ2) is 7.74. The van der Waals surface area contributed by atoms with E-state index in [2.05, 4.69) is 12.1 Å². The Bertz CT molecular complexity index is 997. The third-order valence-corrected chi connectivity index (χ3v) is 5.42. The SMILES string of the molecule is O=C(c1ccc(-c2ccccc2C(F)(F)F)cc1)N1CCC(c2ccccc2)C1. The van der Waals surface area contributed by atoms with Crippen molar-refractivity contribution < 1.29 is 18.0 Å². The zero-order chi connectivity index (χ0) is 20.4. The van der Waals surface area contributed by atoms with Gasteiger partial charge >= 0.3 is 6.18 Å². The fraction of sp³-hybridized carbons (Fsp3) is 0.208. The highest BCUT2D eigenvalue weighted by molar-refractivity contribution is 5.95. The number of nitrogens with zero attached hydrogens (tertiary/aromatic N) is 1. The minimum atomic E-state index is -4.42. The predicted molar refractivity (Wildman–Crippen MR) is 107 cm³/mol. The largest absolute Gasteiger partial charge is 0.417 e. The molecule has 1 saturated heterocycles. The van der Waals surface area contributed by atoms with E-state index >= 15 is 0 Å². The quantitative estimate of drug-likeness (QED) is 0.532. The molecule has 3 aromatic carbocycles. The summed E-state index contributed by atoms with van der Waals surface area (Å²) in [5.41, 5.74) is 1.60. The van der Waals surface area contributed by atoms with Gasteiger partial charge in [0.1, 0.15) is 0 Å². The van der Waals surface area contributed by atoms with Gasteiger partial charge in [0.05, 0.1) is 5.56 Å². The number of likely N-dealkylation sites (tertiary alicyclic amines) is 1. The van der Waals surface area contributed by atoms with Crippen LogP contribution in [0.1, 0.15) is 33.8 Å². The van der Waals surface area contributed by atoms with Gasteiger partial charge in [0.15, 0.2) is 0 Å². The summed E-state index contributed by atoms with van der Waals surface area (Å²) in [6.45, 7) is 1.33. The topological polar surface area (TPSA) is 20.3 Å². The van der Waals surface area contributed by atoms with Crippen LogP contribution in [0, 0.1) is 0 Å². The second-order valence-electron chi connectivity index (χ2n) is 7.27. The standard InChI is InChI=1S/C24H20F3NO/c25-24(26,27)22-9-5-4-8-21(22)18-10-12-19(13-11-18)23(29)28-15-14-20(16-28)17-6-2-1-3-7-17/h1-13,20H,14-16H2. The molecule has 0 spiro atoms. The average Bonchev–Trinajstić information content (AvgIpc) is 3.24. The van der Waals surface area contributed by atoms with Crippen molar-refractivity contribution in [2.45, 2.75) is 18.5 Å². The van der Waals surface area contributed by atoms with Crippen molar-refractivity contribution >= 4 is 5.91 Å². The summed E-state index contributed by atoms with van der Waals surface area (Å²) < 4.78 is 39.8. The molecule has 0 saturated carbocycles. The number of benzene rings is 3. The number of halogens is 3. The van der Waals surface area contributed by atoms with E-state index in [9.17, 15) is 18.0 Å². The zero-order valence-corrected chi connectivity index (χ0v) is 15.7. The van der Waals surface area contributed by atoms with E-state index in [0.29, 0.717) is 30.1 Å². The Morgan fingerprint density at radius 1 is 0.862 bits per heavy atom. The van der Waals surface area contributed by atoms with E-state index < -0.39 is 11.7 Å². The van der Waals surface area contributed by atoms with Gasteiger partial charge in [-0.25, -0.2) is 0 Å². The lowest BCUT2D eigenvalue weighted by Crippen LogP contribution is -2.28. The molecule has 3 aromatic rings. The lowest BCUT2D eigenvalue weighted by Gasteiger charge is -2.17. The normalized spacial score (nSPS) is 16.8. The zero-order valence-electron chi connectivity index (χ0n) is 15.7. The minimum absolute atomic E-state index is 0.0842. The first kappa shape index (κ1) is 19.2. The molecule has 1 aliphatic heterocycles. The van der Waals surface area contributed by atoms with Crippen molar-refractivity contribution in [3.8, 4) is 11.1 Å². The van der Waals surface area contributed by atoms with Gasteiger partial charge in [0.25, 0.3) is 5.91 Å². The maximum Gasteiger partial charge on any atom is 0.417 e. The van der Waals surface area contributed by atoms with Crippen LogP contribution >= 0.6 is 0 Å². The molecule has 0 bridgehead atoms. The van der Waals surface area contributed by atoms with Crippen LogP contribution in [0.5, 0.6) is 0 Å². The van der Waals surface area contributed by atoms with Gasteiger partial charge in [-0.15, -0.1) is 0 Å². The van der Waals surface area contributed by atoms with Gasteiger partial charge in [-0.2, -0.15) is 13.2 Å². The van der Waals surface area contributed by atoms with Crippen molar-refractivity contribution in [1.29, 1.82) is 0 Å². The summed E-state index contributed by atoms with van der Waals surface area (Å²) in [6, 6.07) is 22.0. The number of amides is 1. The number of carbonyl (C=O) groups is 1. The molecule has 1 aliphatic rings. The summed E-state index contributed by atoms with van der Waals surface area (Å²) in [5.74, 6) is 0.233. The highest BCUT2D eigenvalue weighted by Gasteiger charge is 2.33. The third kappa shape index (κ3) is 4.04. The predicted octanol–water partition coefficient (Wildman–Crippen LogP) is 6.00. The molecule has 1 heterocycles. The van der Waals surface area contributed by atoms with E-state index in [0.717, 1.165) is 12.5 Å². The Hall–Kier alpha value is -3.08. The third-order valence-electron chi connectivity index (χ3n) is 5.42. The minimum Gasteiger partial charge on any atom is -0.338 e. The first-order valence-electron chi connectivity index (χ1n) is 9.54. The molecule has 0 aliphatic carbocycles. The maximum atomic E-state index is 13.3. The lowest BCUT2D eigenvalue weighted by molar-refractivity contribution is -0.137. The molecule has 1 fully saturated rings. The van der Waals surface area contributed by atoms with E-state index in [1.54, 1.807) is 30.3 Å². The van der Waals surface area contributed by atoms with Crippen molar-refractivity contribution in [2.75, 3.05) is 13.1 Å². The molecule has 1 unspecified atom stereocenters. The van der Waals surface area contributed by atoms with Crippen LogP contribution in [0.25, 0.3) is 11.1 Å². The van der Waals surface area contributed by atoms with Crippen LogP contribution in [-0.2, 0) is 6.18 Å². The first-order chi connectivity index (χ1) is 13.9. The average molecular weight is 395 g/mol. The molecule has 0 radical (unpaired) electrons. The van der Waals surface area contributed by atoms with E-state index in [4.69, 9.17) is 0 Å². The summed E-state index contributed by atoms with van der Waals surface area (Å²) in [7, 11) is 0. The number of rotatable bonds is 3. The van der Waals surface area contributed by atoms with Crippen LogP contribution in [0.15, 0.2) is 78.9 Å². The molecule has 0 N–H and O–H groups in total. The summed E-state index contributed by atoms with van der Waals surface area (Å²) in [5, 5.41) is 0. The number of carbonyl (C=O) groups excluding carboxylic acids is 1. The summed E-state index contributed by atoms with van der Waals surface area (Å²) in [6.07, 6.45) is -3.51. The highest BCUT2D eigenvalue weighted by atomic mass is 19.4. The molecule has 2 nitrogen and oxygen atoms in total. The summed E-state index contributed by atoms with van der Waals surface area (Å²) in [4.78, 5) is 14.7. The Morgan fingerprint density at radius 3 is 2.21 bits per heavy atom. The van der Waals surface area contributed by atoms with Gasteiger partial charge in [0.2, 0.25) is 0 Å². The van der Waals surface area contributed by atoms with Crippen LogP contribution in [0.2, 0.25) is 0 Å². The lowest BCUT2D eigenvalue weighted by atomic mass is 9.98. The van der Waals surface area contributed by atoms with Crippen molar-refractivity contribution in [3.05, 3.63) is 95.6 Å². The molecular weight excluding hydrogens is 375 g/mol. The van der Waals surface area contributed by atoms with Gasteiger partial charge in [-0.1, -0.05) is 60.7 Å². The molecule has 0 aromatic heterocycles. The second-order valence-corrected chi connectivity index (χ2v) is 7.27. The van der Waals surface area contributed by atoms with Crippen molar-refractivity contribution in [1.82, 2.24) is 4.90 Å². The number of hydrogen-bond acceptors (Lipinski definition) is 1. The van der Waals surface area contributed by atoms with E-state index in [1.807, 2.05) is 23.1 Å². The van der Waals surface area contributed by atoms with E-state index in [-0.39, 0.29) is 11.5 Å². The number of hydrogen-bond donors (Lipinski definition) is 0. The molecule has 1 atom stereocenters. The highest BCUT2D eigenvalue weighted by Crippen LogP contribution is 2.37. The molecule has 148 valence electrons.